The highest BCUT2D eigenvalue weighted by Crippen LogP contribution is 2.40. The monoisotopic (exact) mass is 722 g/mol. The van der Waals surface area contributed by atoms with Crippen LogP contribution in [0.3, 0.4) is 0 Å². The number of carbonyl (C=O) groups is 4. The Labute approximate surface area is 284 Å². The molecule has 4 amide bonds. The van der Waals surface area contributed by atoms with E-state index in [1.807, 2.05) is 5.32 Å². The first kappa shape index (κ1) is 41.5. The van der Waals surface area contributed by atoms with E-state index in [0.29, 0.717) is 13.8 Å². The molecule has 1 aromatic heterocycles. The third kappa shape index (κ3) is 11.2. The van der Waals surface area contributed by atoms with Crippen LogP contribution in [-0.2, 0) is 25.6 Å². The van der Waals surface area contributed by atoms with Gasteiger partial charge in [-0.25, -0.2) is 27.8 Å². The molecule has 1 heterocycles. The molecule has 13 nitrogen and oxygen atoms in total. The standard InChI is InChI=1S/C31H40F6N6O7/c1-29(2,3)23(40-27(47)49-6)26(46)42-43(15-19-20(33)10-16(11-21(19)34)22-9-8-17(32)12-38-22)14-18(44)13-39-25(45)24(41-28(48)50-7)30(4,5)31(35,36)37/h8-12,18,23-24,44H,13-15H2,1-7H3,(H,39,45)(H,40,47)(H,41,48)(H,42,46)/t18-,23-,24?/m1/s1. The summed E-state index contributed by atoms with van der Waals surface area (Å²) in [5, 5.41) is 17.9. The molecule has 0 aliphatic heterocycles. The number of hydrogen-bond acceptors (Lipinski definition) is 9. The lowest BCUT2D eigenvalue weighted by molar-refractivity contribution is -0.220. The highest BCUT2D eigenvalue weighted by molar-refractivity contribution is 5.87. The minimum Gasteiger partial charge on any atom is -0.453 e. The Morgan fingerprint density at radius 2 is 1.42 bits per heavy atom. The van der Waals surface area contributed by atoms with Gasteiger partial charge in [0.25, 0.3) is 5.91 Å². The van der Waals surface area contributed by atoms with Gasteiger partial charge < -0.3 is 30.5 Å². The first-order valence-corrected chi connectivity index (χ1v) is 14.9. The molecule has 1 unspecified atom stereocenters. The number of hydrazine groups is 1. The Bertz CT molecular complexity index is 1500. The number of alkyl carbamates (subject to hydrolysis) is 2. The number of carbonyl (C=O) groups excluding carboxylic acids is 4. The number of nitrogens with one attached hydrogen (secondary N) is 4. The van der Waals surface area contributed by atoms with Gasteiger partial charge in [-0.2, -0.15) is 13.2 Å². The quantitative estimate of drug-likeness (QED) is 0.153. The van der Waals surface area contributed by atoms with Gasteiger partial charge in [-0.05, 0) is 43.5 Å². The molecule has 3 atom stereocenters. The van der Waals surface area contributed by atoms with E-state index in [1.54, 1.807) is 20.8 Å². The predicted molar refractivity (Wildman–Crippen MR) is 165 cm³/mol. The van der Waals surface area contributed by atoms with E-state index in [1.165, 1.54) is 6.07 Å². The maximum absolute atomic E-state index is 15.4. The lowest BCUT2D eigenvalue weighted by Gasteiger charge is -2.35. The summed E-state index contributed by atoms with van der Waals surface area (Å²) in [5.74, 6) is -5.20. The molecule has 2 rings (SSSR count). The van der Waals surface area contributed by atoms with Gasteiger partial charge in [-0.1, -0.05) is 20.8 Å². The number of hydrogen-bond donors (Lipinski definition) is 5. The molecule has 0 aliphatic carbocycles. The summed E-state index contributed by atoms with van der Waals surface area (Å²) in [4.78, 5) is 53.8. The average Bonchev–Trinajstić information content (AvgIpc) is 3.01. The molecule has 278 valence electrons. The molecule has 2 aromatic rings. The Morgan fingerprint density at radius 3 is 1.88 bits per heavy atom. The van der Waals surface area contributed by atoms with Gasteiger partial charge in [0.05, 0.1) is 37.6 Å². The van der Waals surface area contributed by atoms with Crippen molar-refractivity contribution < 1.29 is 60.1 Å². The second kappa shape index (κ2) is 16.8. The molecular weight excluding hydrogens is 682 g/mol. The zero-order valence-corrected chi connectivity index (χ0v) is 28.3. The molecular formula is C31H40F6N6O7. The van der Waals surface area contributed by atoms with Gasteiger partial charge >= 0.3 is 18.4 Å². The second-order valence-electron chi connectivity index (χ2n) is 12.8. The van der Waals surface area contributed by atoms with Crippen molar-refractivity contribution in [2.75, 3.05) is 27.3 Å². The molecule has 0 fully saturated rings. The van der Waals surface area contributed by atoms with Crippen LogP contribution < -0.4 is 21.4 Å². The number of aromatic nitrogens is 1. The molecule has 0 saturated carbocycles. The van der Waals surface area contributed by atoms with E-state index >= 15 is 8.78 Å². The van der Waals surface area contributed by atoms with Gasteiger partial charge in [0, 0.05) is 30.8 Å². The molecule has 0 aliphatic rings. The first-order valence-electron chi connectivity index (χ1n) is 14.9. The number of aliphatic hydroxyl groups is 1. The van der Waals surface area contributed by atoms with Gasteiger partial charge in [-0.3, -0.25) is 20.0 Å². The topological polar surface area (TPSA) is 171 Å². The first-order chi connectivity index (χ1) is 23.0. The van der Waals surface area contributed by atoms with Crippen molar-refractivity contribution in [1.82, 2.24) is 31.4 Å². The number of pyridine rings is 1. The van der Waals surface area contributed by atoms with Crippen LogP contribution in [0.5, 0.6) is 0 Å². The van der Waals surface area contributed by atoms with Crippen molar-refractivity contribution in [3.05, 3.63) is 53.5 Å². The van der Waals surface area contributed by atoms with Crippen molar-refractivity contribution in [3.8, 4) is 11.3 Å². The van der Waals surface area contributed by atoms with Crippen LogP contribution in [0.4, 0.5) is 35.9 Å². The van der Waals surface area contributed by atoms with E-state index in [0.717, 1.165) is 43.6 Å². The summed E-state index contributed by atoms with van der Waals surface area (Å²) in [7, 11) is 1.93. The highest BCUT2D eigenvalue weighted by Gasteiger charge is 2.55. The third-order valence-electron chi connectivity index (χ3n) is 7.46. The average molecular weight is 723 g/mol. The maximum Gasteiger partial charge on any atom is 0.407 e. The second-order valence-corrected chi connectivity index (χ2v) is 12.8. The van der Waals surface area contributed by atoms with E-state index in [-0.39, 0.29) is 11.3 Å². The number of amides is 4. The van der Waals surface area contributed by atoms with Gasteiger partial charge in [-0.15, -0.1) is 0 Å². The van der Waals surface area contributed by atoms with Crippen LogP contribution in [0.1, 0.15) is 40.2 Å². The van der Waals surface area contributed by atoms with Crippen molar-refractivity contribution in [2.45, 2.75) is 65.5 Å². The SMILES string of the molecule is COC(=O)NC(C(=O)NC[C@@H](O)CN(Cc1c(F)cc(-c2ccc(F)cn2)cc1F)NC(=O)[C@@H](NC(=O)OC)C(C)(C)C)C(C)(C)C(F)(F)F. The van der Waals surface area contributed by atoms with Crippen molar-refractivity contribution in [1.29, 1.82) is 0 Å². The number of benzene rings is 1. The molecule has 0 spiro atoms. The van der Waals surface area contributed by atoms with Crippen molar-refractivity contribution in [2.24, 2.45) is 10.8 Å². The molecule has 19 heteroatoms. The molecule has 50 heavy (non-hydrogen) atoms. The third-order valence-corrected chi connectivity index (χ3v) is 7.46. The number of ether oxygens (including phenoxy) is 2. The molecule has 0 bridgehead atoms. The van der Waals surface area contributed by atoms with Crippen LogP contribution in [0.2, 0.25) is 0 Å². The van der Waals surface area contributed by atoms with Crippen LogP contribution >= 0.6 is 0 Å². The van der Waals surface area contributed by atoms with Crippen LogP contribution in [-0.4, -0.2) is 90.8 Å². The minimum atomic E-state index is -4.98. The summed E-state index contributed by atoms with van der Waals surface area (Å²) in [6.45, 7) is 3.89. The zero-order chi connectivity index (χ0) is 38.2. The zero-order valence-electron chi connectivity index (χ0n) is 28.3. The number of aliphatic hydroxyl groups excluding tert-OH is 1. The summed E-state index contributed by atoms with van der Waals surface area (Å²) in [6, 6.07) is 0.529. The summed E-state index contributed by atoms with van der Waals surface area (Å²) in [6.07, 6.45) is -8.15. The Morgan fingerprint density at radius 1 is 0.880 bits per heavy atom. The van der Waals surface area contributed by atoms with E-state index in [4.69, 9.17) is 0 Å². The summed E-state index contributed by atoms with van der Waals surface area (Å²) >= 11 is 0. The van der Waals surface area contributed by atoms with Crippen LogP contribution in [0.25, 0.3) is 11.3 Å². The fraction of sp³-hybridized carbons (Fsp3) is 0.516. The molecule has 0 radical (unpaired) electrons. The Kier molecular flexibility index (Phi) is 14.0. The summed E-state index contributed by atoms with van der Waals surface area (Å²) < 4.78 is 94.2. The Hall–Kier alpha value is -4.65. The van der Waals surface area contributed by atoms with E-state index < -0.39 is 102 Å². The maximum atomic E-state index is 15.4. The predicted octanol–water partition coefficient (Wildman–Crippen LogP) is 3.56. The molecule has 0 saturated heterocycles. The smallest absolute Gasteiger partial charge is 0.407 e. The lowest BCUT2D eigenvalue weighted by Crippen LogP contribution is -2.60. The lowest BCUT2D eigenvalue weighted by atomic mass is 9.83. The minimum absolute atomic E-state index is 0.0441. The van der Waals surface area contributed by atoms with Crippen LogP contribution in [0, 0.1) is 28.3 Å². The summed E-state index contributed by atoms with van der Waals surface area (Å²) in [5.41, 5.74) is -2.01. The van der Waals surface area contributed by atoms with Crippen LogP contribution in [0.15, 0.2) is 30.5 Å². The Balaban J connectivity index is 2.40. The largest absolute Gasteiger partial charge is 0.453 e. The van der Waals surface area contributed by atoms with Gasteiger partial charge in [0.1, 0.15) is 29.5 Å². The van der Waals surface area contributed by atoms with Crippen molar-refractivity contribution >= 4 is 24.0 Å². The van der Waals surface area contributed by atoms with Gasteiger partial charge in [0.2, 0.25) is 5.91 Å². The fourth-order valence-electron chi connectivity index (χ4n) is 4.42. The number of alkyl halides is 3. The fourth-order valence-corrected chi connectivity index (χ4v) is 4.42. The molecule has 5 N–H and O–H groups in total. The highest BCUT2D eigenvalue weighted by atomic mass is 19.4. The van der Waals surface area contributed by atoms with Crippen molar-refractivity contribution in [3.63, 3.8) is 0 Å². The van der Waals surface area contributed by atoms with E-state index in [2.05, 4.69) is 30.5 Å². The van der Waals surface area contributed by atoms with E-state index in [9.17, 15) is 41.8 Å². The van der Waals surface area contributed by atoms with Gasteiger partial charge in [0.15, 0.2) is 0 Å². The number of rotatable bonds is 13. The number of nitrogens with zero attached hydrogens (tertiary/aromatic N) is 2. The molecule has 1 aromatic carbocycles. The number of halogens is 6. The number of methoxy groups -OCH3 is 2. The normalized spacial score (nSPS) is 13.9.